The van der Waals surface area contributed by atoms with Crippen LogP contribution in [-0.2, 0) is 0 Å². The molecule has 4 heteroatoms. The molecule has 2 aromatic heterocycles. The number of anilines is 2. The minimum atomic E-state index is 0.269. The maximum absolute atomic E-state index is 9.60. The zero-order valence-electron chi connectivity index (χ0n) is 17.8. The first-order valence-electron chi connectivity index (χ1n) is 10.9. The van der Waals surface area contributed by atoms with Crippen LogP contribution < -0.4 is 4.90 Å². The van der Waals surface area contributed by atoms with Crippen molar-refractivity contribution in [2.75, 3.05) is 4.90 Å². The molecule has 7 rings (SSSR count). The number of furan rings is 1. The molecule has 3 heterocycles. The lowest BCUT2D eigenvalue weighted by molar-refractivity contribution is 0.673. The van der Waals surface area contributed by atoms with Crippen molar-refractivity contribution in [3.8, 4) is 11.8 Å². The Morgan fingerprint density at radius 2 is 1.66 bits per heavy atom. The average molecular weight is 413 g/mol. The SMILES string of the molecule is CC(C)N1c2ccc(C#N)cc2-n2c3ccc4c5ccccc5oc4c3c3cccc1c32. The van der Waals surface area contributed by atoms with Crippen molar-refractivity contribution >= 4 is 55.1 Å². The fourth-order valence-electron chi connectivity index (χ4n) is 5.42. The average Bonchev–Trinajstić information content (AvgIpc) is 3.36. The molecular weight excluding hydrogens is 394 g/mol. The Balaban J connectivity index is 1.75. The Morgan fingerprint density at radius 1 is 0.812 bits per heavy atom. The zero-order chi connectivity index (χ0) is 21.6. The highest BCUT2D eigenvalue weighted by molar-refractivity contribution is 6.26. The summed E-state index contributed by atoms with van der Waals surface area (Å²) in [6, 6.07) is 27.6. The summed E-state index contributed by atoms with van der Waals surface area (Å²) in [4.78, 5) is 2.37. The van der Waals surface area contributed by atoms with Crippen LogP contribution >= 0.6 is 0 Å². The molecule has 6 aromatic rings. The van der Waals surface area contributed by atoms with Crippen LogP contribution in [0.1, 0.15) is 19.4 Å². The normalized spacial score (nSPS) is 12.9. The molecule has 0 N–H and O–H groups in total. The lowest BCUT2D eigenvalue weighted by Crippen LogP contribution is -2.29. The lowest BCUT2D eigenvalue weighted by Gasteiger charge is -2.36. The molecule has 0 amide bonds. The van der Waals surface area contributed by atoms with Gasteiger partial charge < -0.3 is 13.9 Å². The first-order chi connectivity index (χ1) is 15.7. The molecule has 0 atom stereocenters. The number of nitrogens with zero attached hydrogens (tertiary/aromatic N) is 3. The van der Waals surface area contributed by atoms with Crippen LogP contribution in [0.5, 0.6) is 0 Å². The van der Waals surface area contributed by atoms with Crippen LogP contribution in [0.25, 0.3) is 49.4 Å². The Morgan fingerprint density at radius 3 is 2.50 bits per heavy atom. The molecule has 1 aliphatic rings. The molecule has 0 saturated heterocycles. The van der Waals surface area contributed by atoms with Gasteiger partial charge in [0.2, 0.25) is 0 Å². The molecule has 32 heavy (non-hydrogen) atoms. The Bertz CT molecular complexity index is 1780. The number of hydrogen-bond acceptors (Lipinski definition) is 3. The second-order valence-corrected chi connectivity index (χ2v) is 8.72. The second-order valence-electron chi connectivity index (χ2n) is 8.72. The highest BCUT2D eigenvalue weighted by atomic mass is 16.3. The third-order valence-electron chi connectivity index (χ3n) is 6.65. The topological polar surface area (TPSA) is 45.1 Å². The quantitative estimate of drug-likeness (QED) is 0.282. The van der Waals surface area contributed by atoms with Crippen LogP contribution in [0, 0.1) is 11.3 Å². The van der Waals surface area contributed by atoms with Gasteiger partial charge in [-0.2, -0.15) is 5.26 Å². The van der Waals surface area contributed by atoms with E-state index < -0.39 is 0 Å². The number of benzene rings is 4. The largest absolute Gasteiger partial charge is 0.455 e. The van der Waals surface area contributed by atoms with E-state index in [2.05, 4.69) is 77.9 Å². The van der Waals surface area contributed by atoms with Gasteiger partial charge >= 0.3 is 0 Å². The van der Waals surface area contributed by atoms with Crippen molar-refractivity contribution in [3.05, 3.63) is 78.4 Å². The predicted molar refractivity (Wildman–Crippen MR) is 130 cm³/mol. The summed E-state index contributed by atoms with van der Waals surface area (Å²) in [5, 5.41) is 14.1. The van der Waals surface area contributed by atoms with E-state index >= 15 is 0 Å². The van der Waals surface area contributed by atoms with Gasteiger partial charge in [-0.3, -0.25) is 0 Å². The Hall–Kier alpha value is -4.23. The zero-order valence-corrected chi connectivity index (χ0v) is 17.8. The van der Waals surface area contributed by atoms with Crippen molar-refractivity contribution in [1.29, 1.82) is 5.26 Å². The number of fused-ring (bicyclic) bond motifs is 9. The monoisotopic (exact) mass is 413 g/mol. The molecule has 0 fully saturated rings. The van der Waals surface area contributed by atoms with E-state index in [4.69, 9.17) is 4.42 Å². The molecule has 152 valence electrons. The molecule has 1 aliphatic heterocycles. The number of rotatable bonds is 1. The molecule has 0 spiro atoms. The van der Waals surface area contributed by atoms with Gasteiger partial charge in [0, 0.05) is 22.2 Å². The molecule has 4 aromatic carbocycles. The predicted octanol–water partition coefficient (Wildman–Crippen LogP) is 7.41. The van der Waals surface area contributed by atoms with Gasteiger partial charge in [-0.15, -0.1) is 0 Å². The van der Waals surface area contributed by atoms with Crippen LogP contribution in [0.4, 0.5) is 11.4 Å². The van der Waals surface area contributed by atoms with Crippen molar-refractivity contribution in [2.45, 2.75) is 19.9 Å². The van der Waals surface area contributed by atoms with Gasteiger partial charge in [0.1, 0.15) is 11.2 Å². The van der Waals surface area contributed by atoms with E-state index in [1.165, 1.54) is 11.1 Å². The summed E-state index contributed by atoms with van der Waals surface area (Å²) in [5.41, 5.74) is 8.05. The maximum Gasteiger partial charge on any atom is 0.145 e. The van der Waals surface area contributed by atoms with Crippen molar-refractivity contribution < 1.29 is 4.42 Å². The summed E-state index contributed by atoms with van der Waals surface area (Å²) in [5.74, 6) is 0. The summed E-state index contributed by atoms with van der Waals surface area (Å²) in [6.45, 7) is 4.41. The highest BCUT2D eigenvalue weighted by Gasteiger charge is 2.30. The van der Waals surface area contributed by atoms with E-state index in [0.717, 1.165) is 49.7 Å². The van der Waals surface area contributed by atoms with Gasteiger partial charge in [0.05, 0.1) is 45.1 Å². The number of aromatic nitrogens is 1. The van der Waals surface area contributed by atoms with E-state index in [1.54, 1.807) is 0 Å². The van der Waals surface area contributed by atoms with Crippen molar-refractivity contribution in [2.24, 2.45) is 0 Å². The van der Waals surface area contributed by atoms with Gasteiger partial charge in [-0.1, -0.05) is 30.3 Å². The first kappa shape index (κ1) is 17.5. The molecule has 0 saturated carbocycles. The van der Waals surface area contributed by atoms with Crippen molar-refractivity contribution in [1.82, 2.24) is 4.57 Å². The minimum absolute atomic E-state index is 0.269. The molecular formula is C28H19N3O. The fraction of sp³-hybridized carbons (Fsp3) is 0.107. The van der Waals surface area contributed by atoms with E-state index in [9.17, 15) is 5.26 Å². The molecule has 4 nitrogen and oxygen atoms in total. The Kier molecular flexibility index (Phi) is 3.23. The molecule has 0 unspecified atom stereocenters. The standard InChI is InChI=1S/C28H19N3O/c1-16(2)30-21-12-10-17(15-29)14-24(21)31-22-13-11-19-18-6-3-4-9-25(18)32-28(19)26(22)20-7-5-8-23(30)27(20)31/h3-14,16H,1-2H3. The smallest absolute Gasteiger partial charge is 0.145 e. The maximum atomic E-state index is 9.60. The van der Waals surface area contributed by atoms with Gasteiger partial charge in [-0.25, -0.2) is 0 Å². The van der Waals surface area contributed by atoms with Crippen LogP contribution in [0.3, 0.4) is 0 Å². The second kappa shape index (κ2) is 5.93. The third kappa shape index (κ3) is 2.01. The number of para-hydroxylation sites is 2. The summed E-state index contributed by atoms with van der Waals surface area (Å²) < 4.78 is 8.73. The summed E-state index contributed by atoms with van der Waals surface area (Å²) in [7, 11) is 0. The summed E-state index contributed by atoms with van der Waals surface area (Å²) in [6.07, 6.45) is 0. The molecule has 0 bridgehead atoms. The van der Waals surface area contributed by atoms with Crippen molar-refractivity contribution in [3.63, 3.8) is 0 Å². The van der Waals surface area contributed by atoms with Gasteiger partial charge in [0.25, 0.3) is 0 Å². The molecule has 0 aliphatic carbocycles. The Labute approximate surface area is 184 Å². The lowest BCUT2D eigenvalue weighted by atomic mass is 10.0. The van der Waals surface area contributed by atoms with E-state index in [0.29, 0.717) is 5.56 Å². The van der Waals surface area contributed by atoms with E-state index in [1.807, 2.05) is 24.3 Å². The third-order valence-corrected chi connectivity index (χ3v) is 6.65. The first-order valence-corrected chi connectivity index (χ1v) is 10.9. The fourth-order valence-corrected chi connectivity index (χ4v) is 5.42. The van der Waals surface area contributed by atoms with Crippen LogP contribution in [0.15, 0.2) is 77.2 Å². The van der Waals surface area contributed by atoms with Gasteiger partial charge in [0.15, 0.2) is 0 Å². The van der Waals surface area contributed by atoms with E-state index in [-0.39, 0.29) is 6.04 Å². The van der Waals surface area contributed by atoms with Crippen LogP contribution in [-0.4, -0.2) is 10.6 Å². The van der Waals surface area contributed by atoms with Crippen LogP contribution in [0.2, 0.25) is 0 Å². The minimum Gasteiger partial charge on any atom is -0.455 e. The molecule has 0 radical (unpaired) electrons. The number of nitriles is 1. The van der Waals surface area contributed by atoms with Gasteiger partial charge in [-0.05, 0) is 56.3 Å². The summed E-state index contributed by atoms with van der Waals surface area (Å²) >= 11 is 0. The number of hydrogen-bond donors (Lipinski definition) is 0. The highest BCUT2D eigenvalue weighted by Crippen LogP contribution is 2.49.